The summed E-state index contributed by atoms with van der Waals surface area (Å²) in [6, 6.07) is 24.1. The number of pyridine rings is 2. The van der Waals surface area contributed by atoms with Gasteiger partial charge in [0.15, 0.2) is 0 Å². The number of H-pyrrole nitrogens is 2. The quantitative estimate of drug-likeness (QED) is 0.253. The summed E-state index contributed by atoms with van der Waals surface area (Å²) in [7, 11) is 0. The van der Waals surface area contributed by atoms with Crippen molar-refractivity contribution in [3.05, 3.63) is 106 Å². The molecular weight excluding hydrogens is 470 g/mol. The number of hydrogen-bond acceptors (Lipinski definition) is 4. The first-order valence-electron chi connectivity index (χ1n) is 9.95. The third-order valence-electron chi connectivity index (χ3n) is 5.40. The van der Waals surface area contributed by atoms with E-state index in [4.69, 9.17) is 0 Å². The zero-order valence-corrected chi connectivity index (χ0v) is 20.4. The van der Waals surface area contributed by atoms with Crippen LogP contribution in [0.2, 0.25) is 0 Å². The summed E-state index contributed by atoms with van der Waals surface area (Å²) in [6.45, 7) is 0. The van der Waals surface area contributed by atoms with E-state index >= 15 is 0 Å². The summed E-state index contributed by atoms with van der Waals surface area (Å²) < 4.78 is 0. The molecule has 0 radical (unpaired) electrons. The van der Waals surface area contributed by atoms with Crippen molar-refractivity contribution in [2.45, 2.75) is 0 Å². The molecule has 0 atom stereocenters. The first-order chi connectivity index (χ1) is 15.5. The van der Waals surface area contributed by atoms with Gasteiger partial charge in [-0.1, -0.05) is 72.2 Å². The van der Waals surface area contributed by atoms with Crippen LogP contribution in [0.15, 0.2) is 94.5 Å². The van der Waals surface area contributed by atoms with Crippen molar-refractivity contribution < 1.29 is 29.7 Å². The maximum atomic E-state index is 11.8. The molecule has 6 rings (SSSR count). The second kappa shape index (κ2) is 8.89. The van der Waals surface area contributed by atoms with E-state index < -0.39 is 0 Å². The largest absolute Gasteiger partial charge is 2.00 e. The van der Waals surface area contributed by atoms with E-state index in [9.17, 15) is 19.8 Å². The van der Waals surface area contributed by atoms with Crippen molar-refractivity contribution in [3.8, 4) is 11.5 Å². The molecule has 2 N–H and O–H groups in total. The Morgan fingerprint density at radius 2 is 0.848 bits per heavy atom. The average Bonchev–Trinajstić information content (AvgIpc) is 2.79. The predicted molar refractivity (Wildman–Crippen MR) is 123 cm³/mol. The Kier molecular flexibility index (Phi) is 5.99. The van der Waals surface area contributed by atoms with Gasteiger partial charge >= 0.3 is 19.5 Å². The minimum atomic E-state index is -0.191. The fraction of sp³-hybridized carbons (Fsp3) is 0. The maximum Gasteiger partial charge on any atom is 2.00 e. The molecule has 0 saturated carbocycles. The van der Waals surface area contributed by atoms with Crippen LogP contribution < -0.4 is 21.3 Å². The zero-order chi connectivity index (χ0) is 22.2. The van der Waals surface area contributed by atoms with Crippen LogP contribution in [0, 0.1) is 0 Å². The van der Waals surface area contributed by atoms with Crippen LogP contribution in [0.5, 0.6) is 11.5 Å². The molecule has 6 aromatic rings. The van der Waals surface area contributed by atoms with Gasteiger partial charge in [0.1, 0.15) is 0 Å². The van der Waals surface area contributed by atoms with Crippen LogP contribution >= 0.6 is 0 Å². The van der Waals surface area contributed by atoms with Gasteiger partial charge in [-0.2, -0.15) is 0 Å². The SMILES string of the molecule is O=c1ccc2ccc3cccc([O-])c3c2[nH]1.O=c1ccc2ccc3cccc([O-])c3c2[nH]1.[Zn+2]. The van der Waals surface area contributed by atoms with Gasteiger partial charge in [-0.05, 0) is 44.5 Å². The van der Waals surface area contributed by atoms with Crippen LogP contribution in [-0.4, -0.2) is 9.97 Å². The Hall–Kier alpha value is -3.96. The molecule has 4 aromatic carbocycles. The molecule has 2 heterocycles. The van der Waals surface area contributed by atoms with Gasteiger partial charge in [0.05, 0.1) is 11.0 Å². The molecule has 0 fully saturated rings. The van der Waals surface area contributed by atoms with Gasteiger partial charge in [-0.25, -0.2) is 0 Å². The van der Waals surface area contributed by atoms with Crippen LogP contribution in [0.4, 0.5) is 0 Å². The molecule has 0 aliphatic heterocycles. The van der Waals surface area contributed by atoms with Crippen LogP contribution in [-0.2, 0) is 19.5 Å². The van der Waals surface area contributed by atoms with E-state index in [1.54, 1.807) is 24.3 Å². The molecule has 2 aromatic heterocycles. The zero-order valence-electron chi connectivity index (χ0n) is 17.4. The van der Waals surface area contributed by atoms with Crippen LogP contribution in [0.1, 0.15) is 0 Å². The maximum absolute atomic E-state index is 11.8. The fourth-order valence-electron chi connectivity index (χ4n) is 3.93. The third kappa shape index (κ3) is 4.11. The molecular formula is C26H16N2O4Zn. The summed E-state index contributed by atoms with van der Waals surface area (Å²) in [6.07, 6.45) is 0. The van der Waals surface area contributed by atoms with Gasteiger partial charge in [0.25, 0.3) is 0 Å². The first kappa shape index (κ1) is 22.2. The van der Waals surface area contributed by atoms with E-state index in [0.717, 1.165) is 21.5 Å². The van der Waals surface area contributed by atoms with Crippen molar-refractivity contribution in [3.63, 3.8) is 0 Å². The Labute approximate surface area is 199 Å². The van der Waals surface area contributed by atoms with Gasteiger partial charge in [-0.15, -0.1) is 0 Å². The standard InChI is InChI=1S/2C13H9NO2.Zn/c2*15-10-3-1-2-8-4-5-9-6-7-11(16)14-13(9)12(8)10;/h2*1-7,15H,(H,14,16);/q;;+2/p-2. The van der Waals surface area contributed by atoms with Gasteiger partial charge in [0, 0.05) is 12.1 Å². The van der Waals surface area contributed by atoms with Crippen molar-refractivity contribution in [2.75, 3.05) is 0 Å². The van der Waals surface area contributed by atoms with E-state index in [1.165, 1.54) is 24.3 Å². The average molecular weight is 486 g/mol. The number of fused-ring (bicyclic) bond motifs is 6. The van der Waals surface area contributed by atoms with E-state index in [-0.39, 0.29) is 42.1 Å². The molecule has 156 valence electrons. The Morgan fingerprint density at radius 1 is 0.485 bits per heavy atom. The topological polar surface area (TPSA) is 112 Å². The molecule has 6 nitrogen and oxygen atoms in total. The van der Waals surface area contributed by atoms with Crippen molar-refractivity contribution in [1.29, 1.82) is 0 Å². The molecule has 0 bridgehead atoms. The molecule has 0 unspecified atom stereocenters. The predicted octanol–water partition coefficient (Wildman–Crippen LogP) is 3.51. The number of rotatable bonds is 0. The van der Waals surface area contributed by atoms with Gasteiger partial charge in [0.2, 0.25) is 11.1 Å². The number of benzene rings is 4. The number of aromatic amines is 2. The molecule has 0 spiro atoms. The van der Waals surface area contributed by atoms with E-state index in [1.807, 2.05) is 36.4 Å². The van der Waals surface area contributed by atoms with Crippen molar-refractivity contribution >= 4 is 43.4 Å². The molecule has 33 heavy (non-hydrogen) atoms. The Bertz CT molecular complexity index is 1620. The van der Waals surface area contributed by atoms with Crippen LogP contribution in [0.3, 0.4) is 0 Å². The van der Waals surface area contributed by atoms with E-state index in [0.29, 0.717) is 21.8 Å². The Balaban J connectivity index is 0.000000152. The smallest absolute Gasteiger partial charge is 0.872 e. The summed E-state index contributed by atoms with van der Waals surface area (Å²) in [5.74, 6) is -0.130. The summed E-state index contributed by atoms with van der Waals surface area (Å²) in [5.41, 5.74) is 0.859. The van der Waals surface area contributed by atoms with Crippen molar-refractivity contribution in [1.82, 2.24) is 9.97 Å². The van der Waals surface area contributed by atoms with Crippen LogP contribution in [0.25, 0.3) is 43.4 Å². The molecule has 0 saturated heterocycles. The molecule has 7 heteroatoms. The Morgan fingerprint density at radius 3 is 1.27 bits per heavy atom. The van der Waals surface area contributed by atoms with Gasteiger partial charge in [-0.3, -0.25) is 9.59 Å². The minimum Gasteiger partial charge on any atom is -0.872 e. The monoisotopic (exact) mass is 484 g/mol. The second-order valence-electron chi connectivity index (χ2n) is 7.41. The fourth-order valence-corrected chi connectivity index (χ4v) is 3.93. The third-order valence-corrected chi connectivity index (χ3v) is 5.40. The number of hydrogen-bond donors (Lipinski definition) is 2. The molecule has 0 amide bonds. The number of nitrogens with one attached hydrogen (secondary N) is 2. The molecule has 0 aliphatic rings. The van der Waals surface area contributed by atoms with Crippen molar-refractivity contribution in [2.24, 2.45) is 0 Å². The second-order valence-corrected chi connectivity index (χ2v) is 7.41. The molecule has 0 aliphatic carbocycles. The first-order valence-corrected chi connectivity index (χ1v) is 9.95. The number of aromatic nitrogens is 2. The summed E-state index contributed by atoms with van der Waals surface area (Å²) >= 11 is 0. The summed E-state index contributed by atoms with van der Waals surface area (Å²) in [4.78, 5) is 28.0. The van der Waals surface area contributed by atoms with E-state index in [2.05, 4.69) is 9.97 Å². The normalized spacial score (nSPS) is 10.7. The van der Waals surface area contributed by atoms with Gasteiger partial charge < -0.3 is 20.2 Å². The minimum absolute atomic E-state index is 0. The summed E-state index contributed by atoms with van der Waals surface area (Å²) in [5, 5.41) is 28.2.